The van der Waals surface area contributed by atoms with E-state index in [0.717, 1.165) is 39.3 Å². The van der Waals surface area contributed by atoms with Gasteiger partial charge in [-0.2, -0.15) is 0 Å². The van der Waals surface area contributed by atoms with Crippen LogP contribution in [0.1, 0.15) is 25.0 Å². The lowest BCUT2D eigenvalue weighted by atomic mass is 9.77. The standard InChI is InChI=1S/C51H34N2S/c1-51(2)48-34-16-7-6-13-31(34)23-26-42(48)41-21-12-20-40(49(41)51)37-27-28-43(36-18-9-8-17-35(36)37)50-52-44(32-14-4-3-5-15-32)30-45(53-50)33-24-25-39-38-19-10-11-22-46(38)54-47(39)29-33/h3-30H,1-2H3. The van der Waals surface area contributed by atoms with Crippen molar-refractivity contribution < 1.29 is 0 Å². The van der Waals surface area contributed by atoms with Crippen molar-refractivity contribution in [2.45, 2.75) is 19.3 Å². The number of aromatic nitrogens is 2. The summed E-state index contributed by atoms with van der Waals surface area (Å²) in [6.45, 7) is 4.79. The Morgan fingerprint density at radius 3 is 1.80 bits per heavy atom. The Kier molecular flexibility index (Phi) is 6.80. The van der Waals surface area contributed by atoms with Crippen LogP contribution in [0.4, 0.5) is 0 Å². The lowest BCUT2D eigenvalue weighted by Crippen LogP contribution is -2.17. The highest BCUT2D eigenvalue weighted by Crippen LogP contribution is 2.55. The highest BCUT2D eigenvalue weighted by atomic mass is 32.1. The molecule has 0 unspecified atom stereocenters. The van der Waals surface area contributed by atoms with E-state index >= 15 is 0 Å². The number of hydrogen-bond acceptors (Lipinski definition) is 3. The van der Waals surface area contributed by atoms with Gasteiger partial charge in [0, 0.05) is 42.3 Å². The van der Waals surface area contributed by atoms with Crippen LogP contribution in [-0.4, -0.2) is 9.97 Å². The molecule has 0 amide bonds. The van der Waals surface area contributed by atoms with Crippen LogP contribution in [0.3, 0.4) is 0 Å². The predicted molar refractivity (Wildman–Crippen MR) is 229 cm³/mol. The molecule has 2 heterocycles. The second-order valence-electron chi connectivity index (χ2n) is 14.9. The van der Waals surface area contributed by atoms with Gasteiger partial charge in [-0.25, -0.2) is 9.97 Å². The van der Waals surface area contributed by atoms with Crippen LogP contribution in [0.5, 0.6) is 0 Å². The summed E-state index contributed by atoms with van der Waals surface area (Å²) in [7, 11) is 0. The van der Waals surface area contributed by atoms with Crippen molar-refractivity contribution >= 4 is 53.1 Å². The van der Waals surface area contributed by atoms with E-state index in [-0.39, 0.29) is 5.41 Å². The van der Waals surface area contributed by atoms with Crippen molar-refractivity contribution in [1.82, 2.24) is 9.97 Å². The van der Waals surface area contributed by atoms with Gasteiger partial charge in [0.2, 0.25) is 0 Å². The van der Waals surface area contributed by atoms with Crippen LogP contribution in [-0.2, 0) is 5.41 Å². The molecule has 0 spiro atoms. The van der Waals surface area contributed by atoms with Crippen molar-refractivity contribution in [2.24, 2.45) is 0 Å². The fraction of sp³-hybridized carbons (Fsp3) is 0.0588. The maximum Gasteiger partial charge on any atom is 0.161 e. The minimum absolute atomic E-state index is 0.181. The topological polar surface area (TPSA) is 25.8 Å². The summed E-state index contributed by atoms with van der Waals surface area (Å²) in [6.07, 6.45) is 0. The summed E-state index contributed by atoms with van der Waals surface area (Å²) in [6, 6.07) is 61.6. The maximum absolute atomic E-state index is 5.34. The van der Waals surface area contributed by atoms with Gasteiger partial charge in [0.25, 0.3) is 0 Å². The van der Waals surface area contributed by atoms with Crippen molar-refractivity contribution in [3.05, 3.63) is 181 Å². The van der Waals surface area contributed by atoms with Gasteiger partial charge >= 0.3 is 0 Å². The van der Waals surface area contributed by atoms with Gasteiger partial charge in [-0.1, -0.05) is 159 Å². The van der Waals surface area contributed by atoms with Crippen LogP contribution < -0.4 is 0 Å². The summed E-state index contributed by atoms with van der Waals surface area (Å²) in [5.41, 5.74) is 12.8. The van der Waals surface area contributed by atoms with E-state index in [0.29, 0.717) is 0 Å². The molecule has 2 aromatic heterocycles. The second kappa shape index (κ2) is 11.8. The Morgan fingerprint density at radius 1 is 0.389 bits per heavy atom. The van der Waals surface area contributed by atoms with Crippen LogP contribution in [0, 0.1) is 0 Å². The molecule has 1 aliphatic carbocycles. The molecule has 3 heteroatoms. The second-order valence-corrected chi connectivity index (χ2v) is 16.0. The number of benzene rings is 8. The zero-order valence-electron chi connectivity index (χ0n) is 30.0. The largest absolute Gasteiger partial charge is 0.228 e. The third-order valence-corrected chi connectivity index (χ3v) is 12.6. The van der Waals surface area contributed by atoms with Gasteiger partial charge in [-0.15, -0.1) is 11.3 Å². The first-order chi connectivity index (χ1) is 26.5. The summed E-state index contributed by atoms with van der Waals surface area (Å²) in [4.78, 5) is 10.6. The third-order valence-electron chi connectivity index (χ3n) is 11.5. The van der Waals surface area contributed by atoms with Crippen LogP contribution in [0.25, 0.3) is 97.9 Å². The minimum Gasteiger partial charge on any atom is -0.228 e. The SMILES string of the molecule is CC1(C)c2c(cccc2-c2ccc(-c3nc(-c4ccccc4)cc(-c4ccc5c(c4)sc4ccccc45)n3)c3ccccc23)-c2ccc3ccccc3c21. The van der Waals surface area contributed by atoms with Crippen molar-refractivity contribution in [3.8, 4) is 56.2 Å². The Hall–Kier alpha value is -6.42. The maximum atomic E-state index is 5.34. The van der Waals surface area contributed by atoms with E-state index in [1.165, 1.54) is 69.7 Å². The molecule has 10 aromatic rings. The predicted octanol–water partition coefficient (Wildman–Crippen LogP) is 14.1. The Morgan fingerprint density at radius 2 is 0.981 bits per heavy atom. The first-order valence-corrected chi connectivity index (χ1v) is 19.4. The third kappa shape index (κ3) is 4.65. The fourth-order valence-electron chi connectivity index (χ4n) is 9.06. The molecule has 0 bridgehead atoms. The van der Waals surface area contributed by atoms with Gasteiger partial charge in [0.15, 0.2) is 5.82 Å². The van der Waals surface area contributed by atoms with E-state index in [4.69, 9.17) is 9.97 Å². The lowest BCUT2D eigenvalue weighted by molar-refractivity contribution is 0.668. The Bertz CT molecular complexity index is 3130. The number of thiophene rings is 1. The fourth-order valence-corrected chi connectivity index (χ4v) is 10.2. The molecule has 8 aromatic carbocycles. The highest BCUT2D eigenvalue weighted by Gasteiger charge is 2.39. The molecule has 54 heavy (non-hydrogen) atoms. The van der Waals surface area contributed by atoms with Gasteiger partial charge in [-0.3, -0.25) is 0 Å². The first kappa shape index (κ1) is 31.1. The molecule has 0 saturated heterocycles. The summed E-state index contributed by atoms with van der Waals surface area (Å²) in [5, 5.41) is 7.54. The highest BCUT2D eigenvalue weighted by molar-refractivity contribution is 7.25. The van der Waals surface area contributed by atoms with Gasteiger partial charge in [0.05, 0.1) is 11.4 Å². The molecule has 11 rings (SSSR count). The van der Waals surface area contributed by atoms with Crippen molar-refractivity contribution in [3.63, 3.8) is 0 Å². The van der Waals surface area contributed by atoms with Gasteiger partial charge in [0.1, 0.15) is 0 Å². The van der Waals surface area contributed by atoms with Crippen molar-refractivity contribution in [2.75, 3.05) is 0 Å². The molecule has 0 N–H and O–H groups in total. The Balaban J connectivity index is 1.10. The minimum atomic E-state index is -0.181. The number of fused-ring (bicyclic) bond motifs is 9. The summed E-state index contributed by atoms with van der Waals surface area (Å²) >= 11 is 1.83. The molecule has 0 fully saturated rings. The van der Waals surface area contributed by atoms with Gasteiger partial charge in [-0.05, 0) is 79.2 Å². The van der Waals surface area contributed by atoms with Crippen molar-refractivity contribution in [1.29, 1.82) is 0 Å². The molecular formula is C51H34N2S. The van der Waals surface area contributed by atoms with Crippen LogP contribution in [0.15, 0.2) is 170 Å². The molecule has 0 aliphatic heterocycles. The molecule has 0 atom stereocenters. The lowest BCUT2D eigenvalue weighted by Gasteiger charge is -2.26. The zero-order valence-corrected chi connectivity index (χ0v) is 30.8. The Labute approximate surface area is 318 Å². The molecule has 0 radical (unpaired) electrons. The quantitative estimate of drug-likeness (QED) is 0.182. The molecular weight excluding hydrogens is 673 g/mol. The molecule has 1 aliphatic rings. The van der Waals surface area contributed by atoms with Crippen LogP contribution in [0.2, 0.25) is 0 Å². The van der Waals surface area contributed by atoms with E-state index in [1.54, 1.807) is 0 Å². The monoisotopic (exact) mass is 706 g/mol. The van der Waals surface area contributed by atoms with E-state index in [2.05, 4.69) is 184 Å². The molecule has 254 valence electrons. The molecule has 2 nitrogen and oxygen atoms in total. The number of hydrogen-bond donors (Lipinski definition) is 0. The van der Waals surface area contributed by atoms with Gasteiger partial charge < -0.3 is 0 Å². The number of nitrogens with zero attached hydrogens (tertiary/aromatic N) is 2. The van der Waals surface area contributed by atoms with E-state index in [1.807, 2.05) is 11.3 Å². The normalized spacial score (nSPS) is 13.1. The summed E-state index contributed by atoms with van der Waals surface area (Å²) < 4.78 is 2.56. The van der Waals surface area contributed by atoms with E-state index in [9.17, 15) is 0 Å². The first-order valence-electron chi connectivity index (χ1n) is 18.6. The summed E-state index contributed by atoms with van der Waals surface area (Å²) in [5.74, 6) is 0.725. The smallest absolute Gasteiger partial charge is 0.161 e. The van der Waals surface area contributed by atoms with E-state index < -0.39 is 0 Å². The number of rotatable bonds is 4. The molecule has 0 saturated carbocycles. The zero-order chi connectivity index (χ0) is 36.0. The van der Waals surface area contributed by atoms with Crippen LogP contribution >= 0.6 is 11.3 Å². The average Bonchev–Trinajstić information content (AvgIpc) is 3.72. The average molecular weight is 707 g/mol.